The molecule has 3 rings (SSSR count). The van der Waals surface area contributed by atoms with Crippen LogP contribution < -0.4 is 20.1 Å². The molecule has 8 nitrogen and oxygen atoms in total. The number of hydrogen-bond donors (Lipinski definition) is 2. The number of hydrogen-bond acceptors (Lipinski definition) is 6. The number of nitrogens with zero attached hydrogens (tertiary/aromatic N) is 2. The summed E-state index contributed by atoms with van der Waals surface area (Å²) in [4.78, 5) is 29.4. The van der Waals surface area contributed by atoms with Gasteiger partial charge in [0, 0.05) is 36.5 Å². The molecule has 1 saturated heterocycles. The molecule has 0 spiro atoms. The molecule has 1 aliphatic heterocycles. The van der Waals surface area contributed by atoms with Gasteiger partial charge in [0.1, 0.15) is 11.5 Å². The topological polar surface area (TPSA) is 83.1 Å². The number of carbonyl (C=O) groups excluding carboxylic acids is 2. The Kier molecular flexibility index (Phi) is 8.08. The third-order valence-corrected chi connectivity index (χ3v) is 5.69. The van der Waals surface area contributed by atoms with E-state index in [0.717, 1.165) is 22.9 Å². The van der Waals surface area contributed by atoms with Crippen molar-refractivity contribution in [1.29, 1.82) is 0 Å². The molecule has 32 heavy (non-hydrogen) atoms. The Hall–Kier alpha value is -3.10. The smallest absolute Gasteiger partial charge is 0.238 e. The Morgan fingerprint density at radius 3 is 1.41 bits per heavy atom. The number of benzene rings is 2. The highest BCUT2D eigenvalue weighted by Gasteiger charge is 2.31. The maximum absolute atomic E-state index is 12.5. The number of anilines is 2. The van der Waals surface area contributed by atoms with Crippen molar-refractivity contribution in [3.63, 3.8) is 0 Å². The molecule has 0 radical (unpaired) electrons. The van der Waals surface area contributed by atoms with Crippen molar-refractivity contribution in [2.24, 2.45) is 0 Å². The van der Waals surface area contributed by atoms with Crippen LogP contribution in [-0.2, 0) is 9.59 Å². The van der Waals surface area contributed by atoms with Gasteiger partial charge in [-0.05, 0) is 62.4 Å². The monoisotopic (exact) mass is 440 g/mol. The van der Waals surface area contributed by atoms with Crippen molar-refractivity contribution < 1.29 is 19.1 Å². The molecule has 0 unspecified atom stereocenters. The fourth-order valence-electron chi connectivity index (χ4n) is 3.83. The number of ether oxygens (including phenoxy) is 2. The summed E-state index contributed by atoms with van der Waals surface area (Å²) in [6, 6.07) is 14.9. The van der Waals surface area contributed by atoms with E-state index in [2.05, 4.69) is 34.3 Å². The Labute approximate surface area is 189 Å². The van der Waals surface area contributed by atoms with Gasteiger partial charge >= 0.3 is 0 Å². The van der Waals surface area contributed by atoms with Crippen molar-refractivity contribution in [1.82, 2.24) is 9.80 Å². The van der Waals surface area contributed by atoms with Crippen LogP contribution >= 0.6 is 0 Å². The van der Waals surface area contributed by atoms with Crippen LogP contribution in [0.4, 0.5) is 11.4 Å². The molecule has 0 aromatic heterocycles. The average molecular weight is 441 g/mol. The first-order chi connectivity index (χ1) is 15.4. The summed E-state index contributed by atoms with van der Waals surface area (Å²) < 4.78 is 10.3. The van der Waals surface area contributed by atoms with E-state index >= 15 is 0 Å². The minimum absolute atomic E-state index is 0.0556. The molecule has 172 valence electrons. The normalized spacial score (nSPS) is 19.2. The van der Waals surface area contributed by atoms with Crippen molar-refractivity contribution in [2.75, 3.05) is 51.0 Å². The second-order valence-electron chi connectivity index (χ2n) is 8.11. The maximum atomic E-state index is 12.5. The van der Waals surface area contributed by atoms with Crippen molar-refractivity contribution in [2.45, 2.75) is 25.9 Å². The standard InChI is InChI=1S/C24H32N4O4/c1-17-13-28(16-24(30)26-20-7-11-22(32-4)12-8-20)18(2)14-27(17)15-23(29)25-19-5-9-21(31-3)10-6-19/h5-12,17-18H,13-16H2,1-4H3,(H,25,29)(H,26,30)/t17-,18+. The zero-order chi connectivity index (χ0) is 23.1. The summed E-state index contributed by atoms with van der Waals surface area (Å²) in [6.07, 6.45) is 0. The maximum Gasteiger partial charge on any atom is 0.238 e. The van der Waals surface area contributed by atoms with Crippen molar-refractivity contribution in [3.05, 3.63) is 48.5 Å². The summed E-state index contributed by atoms with van der Waals surface area (Å²) in [5.74, 6) is 1.38. The zero-order valence-electron chi connectivity index (χ0n) is 19.1. The molecule has 1 aliphatic rings. The highest BCUT2D eigenvalue weighted by atomic mass is 16.5. The lowest BCUT2D eigenvalue weighted by Gasteiger charge is -2.43. The van der Waals surface area contributed by atoms with Gasteiger partial charge < -0.3 is 20.1 Å². The zero-order valence-corrected chi connectivity index (χ0v) is 19.1. The van der Waals surface area contributed by atoms with Crippen molar-refractivity contribution in [3.8, 4) is 11.5 Å². The third kappa shape index (κ3) is 6.45. The van der Waals surface area contributed by atoms with E-state index in [1.54, 1.807) is 14.2 Å². The van der Waals surface area contributed by atoms with Crippen LogP contribution in [0, 0.1) is 0 Å². The molecular formula is C24H32N4O4. The van der Waals surface area contributed by atoms with Gasteiger partial charge in [-0.2, -0.15) is 0 Å². The minimum Gasteiger partial charge on any atom is -0.497 e. The van der Waals surface area contributed by atoms with Gasteiger partial charge in [0.15, 0.2) is 0 Å². The van der Waals surface area contributed by atoms with E-state index in [1.807, 2.05) is 48.5 Å². The van der Waals surface area contributed by atoms with Crippen LogP contribution in [-0.4, -0.2) is 74.1 Å². The van der Waals surface area contributed by atoms with E-state index in [9.17, 15) is 9.59 Å². The van der Waals surface area contributed by atoms with Gasteiger partial charge in [0.25, 0.3) is 0 Å². The summed E-state index contributed by atoms with van der Waals surface area (Å²) in [5, 5.41) is 5.86. The van der Waals surface area contributed by atoms with Gasteiger partial charge in [0.2, 0.25) is 11.8 Å². The fraction of sp³-hybridized carbons (Fsp3) is 0.417. The van der Waals surface area contributed by atoms with Crippen molar-refractivity contribution >= 4 is 23.2 Å². The third-order valence-electron chi connectivity index (χ3n) is 5.69. The molecule has 0 saturated carbocycles. The van der Waals surface area contributed by atoms with Crippen LogP contribution in [0.3, 0.4) is 0 Å². The largest absolute Gasteiger partial charge is 0.497 e. The highest BCUT2D eigenvalue weighted by molar-refractivity contribution is 5.93. The first kappa shape index (κ1) is 23.6. The quantitative estimate of drug-likeness (QED) is 0.657. The summed E-state index contributed by atoms with van der Waals surface area (Å²) in [6.45, 7) is 6.22. The number of nitrogens with one attached hydrogen (secondary N) is 2. The predicted molar refractivity (Wildman–Crippen MR) is 125 cm³/mol. The molecular weight excluding hydrogens is 408 g/mol. The first-order valence-electron chi connectivity index (χ1n) is 10.7. The molecule has 2 aromatic rings. The molecule has 2 amide bonds. The molecule has 1 fully saturated rings. The Morgan fingerprint density at radius 1 is 0.750 bits per heavy atom. The minimum atomic E-state index is -0.0556. The second-order valence-corrected chi connectivity index (χ2v) is 8.11. The first-order valence-corrected chi connectivity index (χ1v) is 10.7. The average Bonchev–Trinajstić information content (AvgIpc) is 2.78. The fourth-order valence-corrected chi connectivity index (χ4v) is 3.83. The molecule has 1 heterocycles. The van der Waals surface area contributed by atoms with Gasteiger partial charge in [-0.25, -0.2) is 0 Å². The summed E-state index contributed by atoms with van der Waals surface area (Å²) >= 11 is 0. The van der Waals surface area contributed by atoms with Gasteiger partial charge in [-0.15, -0.1) is 0 Å². The predicted octanol–water partition coefficient (Wildman–Crippen LogP) is 2.68. The molecule has 2 atom stereocenters. The van der Waals surface area contributed by atoms with Crippen LogP contribution in [0.15, 0.2) is 48.5 Å². The number of methoxy groups -OCH3 is 2. The lowest BCUT2D eigenvalue weighted by atomic mass is 10.1. The second kappa shape index (κ2) is 11.0. The van der Waals surface area contributed by atoms with Crippen LogP contribution in [0.2, 0.25) is 0 Å². The van der Waals surface area contributed by atoms with Crippen LogP contribution in [0.5, 0.6) is 11.5 Å². The van der Waals surface area contributed by atoms with Gasteiger partial charge in [-0.3, -0.25) is 19.4 Å². The summed E-state index contributed by atoms with van der Waals surface area (Å²) in [5.41, 5.74) is 1.48. The van der Waals surface area contributed by atoms with Gasteiger partial charge in [-0.1, -0.05) is 0 Å². The van der Waals surface area contributed by atoms with E-state index in [1.165, 1.54) is 0 Å². The molecule has 8 heteroatoms. The Bertz CT molecular complexity index is 826. The molecule has 2 N–H and O–H groups in total. The van der Waals surface area contributed by atoms with E-state index in [0.29, 0.717) is 26.2 Å². The summed E-state index contributed by atoms with van der Waals surface area (Å²) in [7, 11) is 3.22. The molecule has 2 aromatic carbocycles. The Morgan fingerprint density at radius 2 is 1.09 bits per heavy atom. The highest BCUT2D eigenvalue weighted by Crippen LogP contribution is 2.18. The van der Waals surface area contributed by atoms with E-state index in [-0.39, 0.29) is 23.9 Å². The lowest BCUT2D eigenvalue weighted by molar-refractivity contribution is -0.122. The van der Waals surface area contributed by atoms with Crippen LogP contribution in [0.1, 0.15) is 13.8 Å². The number of rotatable bonds is 8. The lowest BCUT2D eigenvalue weighted by Crippen LogP contribution is -2.58. The SMILES string of the molecule is COc1ccc(NC(=O)CN2C[C@H](C)N(CC(=O)Nc3ccc(OC)cc3)C[C@H]2C)cc1. The van der Waals surface area contributed by atoms with E-state index < -0.39 is 0 Å². The van der Waals surface area contributed by atoms with E-state index in [4.69, 9.17) is 9.47 Å². The molecule has 0 bridgehead atoms. The number of carbonyl (C=O) groups is 2. The Balaban J connectivity index is 1.48. The number of piperazine rings is 1. The van der Waals surface area contributed by atoms with Gasteiger partial charge in [0.05, 0.1) is 27.3 Å². The number of amides is 2. The molecule has 0 aliphatic carbocycles. The van der Waals surface area contributed by atoms with Crippen LogP contribution in [0.25, 0.3) is 0 Å².